The zero-order valence-electron chi connectivity index (χ0n) is 15.7. The Morgan fingerprint density at radius 1 is 0.957 bits per heavy atom. The summed E-state index contributed by atoms with van der Waals surface area (Å²) in [4.78, 5) is 11.6. The second-order valence-electron chi connectivity index (χ2n) is 6.89. The van der Waals surface area contributed by atoms with Crippen molar-refractivity contribution in [3.8, 4) is 0 Å². The Balaban J connectivity index is 0.00000127. The van der Waals surface area contributed by atoms with Crippen molar-refractivity contribution >= 4 is 5.78 Å². The van der Waals surface area contributed by atoms with Crippen LogP contribution in [0, 0.1) is 6.92 Å². The first-order valence-electron chi connectivity index (χ1n) is 8.46. The zero-order chi connectivity index (χ0) is 17.6. The Bertz CT molecular complexity index is 660. The number of aryl methyl sites for hydroxylation is 1. The molecule has 0 aliphatic rings. The molecule has 124 valence electrons. The van der Waals surface area contributed by atoms with Gasteiger partial charge in [0.05, 0.1) is 0 Å². The molecular weight excluding hydrogens is 280 g/mol. The molecule has 0 saturated carbocycles. The summed E-state index contributed by atoms with van der Waals surface area (Å²) < 4.78 is 0. The highest BCUT2D eigenvalue weighted by atomic mass is 16.1. The Hall–Kier alpha value is -1.89. The second-order valence-corrected chi connectivity index (χ2v) is 6.89. The van der Waals surface area contributed by atoms with Crippen LogP contribution in [0.1, 0.15) is 74.2 Å². The van der Waals surface area contributed by atoms with E-state index in [1.165, 1.54) is 16.7 Å². The zero-order valence-corrected chi connectivity index (χ0v) is 15.7. The summed E-state index contributed by atoms with van der Waals surface area (Å²) in [6.45, 7) is 14.4. The maximum atomic E-state index is 11.6. The minimum absolute atomic E-state index is 0.128. The quantitative estimate of drug-likeness (QED) is 0.625. The minimum Gasteiger partial charge on any atom is -0.295 e. The van der Waals surface area contributed by atoms with E-state index in [-0.39, 0.29) is 11.2 Å². The van der Waals surface area contributed by atoms with Crippen LogP contribution < -0.4 is 0 Å². The average molecular weight is 310 g/mol. The van der Waals surface area contributed by atoms with Gasteiger partial charge < -0.3 is 0 Å². The van der Waals surface area contributed by atoms with Crippen molar-refractivity contribution in [1.29, 1.82) is 0 Å². The van der Waals surface area contributed by atoms with Crippen LogP contribution in [0.3, 0.4) is 0 Å². The lowest BCUT2D eigenvalue weighted by atomic mass is 9.85. The Kier molecular flexibility index (Phi) is 6.75. The predicted molar refractivity (Wildman–Crippen MR) is 100 cm³/mol. The SMILES string of the molecule is CC.CC(=O)c1cc(C)cc(Cc2cccc(C(C)(C)C)c2)c1. The molecule has 23 heavy (non-hydrogen) atoms. The molecule has 2 aromatic carbocycles. The highest BCUT2D eigenvalue weighted by Gasteiger charge is 2.13. The lowest BCUT2D eigenvalue weighted by Gasteiger charge is -2.20. The molecule has 0 heterocycles. The van der Waals surface area contributed by atoms with Crippen LogP contribution in [0.4, 0.5) is 0 Å². The summed E-state index contributed by atoms with van der Waals surface area (Å²) in [6.07, 6.45) is 0.867. The predicted octanol–water partition coefficient (Wildman–Crippen LogP) is 6.11. The molecule has 0 fully saturated rings. The van der Waals surface area contributed by atoms with E-state index in [1.807, 2.05) is 32.9 Å². The van der Waals surface area contributed by atoms with Gasteiger partial charge in [0, 0.05) is 5.56 Å². The first kappa shape index (κ1) is 19.2. The van der Waals surface area contributed by atoms with Gasteiger partial charge in [0.15, 0.2) is 5.78 Å². The lowest BCUT2D eigenvalue weighted by molar-refractivity contribution is 0.101. The van der Waals surface area contributed by atoms with Crippen LogP contribution in [0.25, 0.3) is 0 Å². The average Bonchev–Trinajstić information content (AvgIpc) is 2.48. The molecule has 2 aromatic rings. The van der Waals surface area contributed by atoms with Crippen molar-refractivity contribution < 1.29 is 4.79 Å². The van der Waals surface area contributed by atoms with Gasteiger partial charge in [-0.3, -0.25) is 4.79 Å². The van der Waals surface area contributed by atoms with Gasteiger partial charge in [-0.05, 0) is 54.5 Å². The van der Waals surface area contributed by atoms with E-state index in [2.05, 4.69) is 51.1 Å². The molecule has 2 rings (SSSR count). The van der Waals surface area contributed by atoms with Gasteiger partial charge in [0.1, 0.15) is 0 Å². The van der Waals surface area contributed by atoms with E-state index < -0.39 is 0 Å². The molecule has 0 saturated heterocycles. The highest BCUT2D eigenvalue weighted by Crippen LogP contribution is 2.24. The third-order valence-electron chi connectivity index (χ3n) is 3.74. The molecule has 0 amide bonds. The molecule has 0 aromatic heterocycles. The summed E-state index contributed by atoms with van der Waals surface area (Å²) in [6, 6.07) is 14.9. The smallest absolute Gasteiger partial charge is 0.159 e. The third-order valence-corrected chi connectivity index (χ3v) is 3.74. The van der Waals surface area contributed by atoms with Crippen LogP contribution in [0.2, 0.25) is 0 Å². The summed E-state index contributed by atoms with van der Waals surface area (Å²) in [5.41, 5.74) is 5.95. The number of benzene rings is 2. The van der Waals surface area contributed by atoms with Crippen molar-refractivity contribution in [1.82, 2.24) is 0 Å². The van der Waals surface area contributed by atoms with Crippen molar-refractivity contribution in [3.05, 3.63) is 70.3 Å². The fourth-order valence-electron chi connectivity index (χ4n) is 2.55. The van der Waals surface area contributed by atoms with Crippen molar-refractivity contribution in [2.24, 2.45) is 0 Å². The minimum atomic E-state index is 0.128. The molecule has 0 atom stereocenters. The summed E-state index contributed by atoms with van der Waals surface area (Å²) >= 11 is 0. The van der Waals surface area contributed by atoms with E-state index in [0.29, 0.717) is 0 Å². The number of carbonyl (C=O) groups is 1. The number of rotatable bonds is 3. The largest absolute Gasteiger partial charge is 0.295 e. The van der Waals surface area contributed by atoms with Crippen LogP contribution >= 0.6 is 0 Å². The fourth-order valence-corrected chi connectivity index (χ4v) is 2.55. The molecule has 0 spiro atoms. The first-order valence-corrected chi connectivity index (χ1v) is 8.46. The molecular formula is C22H30O. The van der Waals surface area contributed by atoms with Gasteiger partial charge >= 0.3 is 0 Å². The molecule has 0 aliphatic carbocycles. The second kappa shape index (κ2) is 8.10. The van der Waals surface area contributed by atoms with Gasteiger partial charge in [-0.1, -0.05) is 70.5 Å². The fraction of sp³-hybridized carbons (Fsp3) is 0.409. The van der Waals surface area contributed by atoms with Crippen molar-refractivity contribution in [2.75, 3.05) is 0 Å². The first-order chi connectivity index (χ1) is 10.8. The molecule has 0 bridgehead atoms. The molecule has 1 heteroatoms. The van der Waals surface area contributed by atoms with Crippen LogP contribution in [-0.2, 0) is 11.8 Å². The van der Waals surface area contributed by atoms with E-state index in [4.69, 9.17) is 0 Å². The topological polar surface area (TPSA) is 17.1 Å². The Morgan fingerprint density at radius 2 is 1.61 bits per heavy atom. The van der Waals surface area contributed by atoms with Gasteiger partial charge in [-0.25, -0.2) is 0 Å². The van der Waals surface area contributed by atoms with Gasteiger partial charge in [-0.15, -0.1) is 0 Å². The highest BCUT2D eigenvalue weighted by molar-refractivity contribution is 5.94. The summed E-state index contributed by atoms with van der Waals surface area (Å²) in [5, 5.41) is 0. The number of hydrogen-bond donors (Lipinski definition) is 0. The van der Waals surface area contributed by atoms with Crippen LogP contribution in [-0.4, -0.2) is 5.78 Å². The number of hydrogen-bond acceptors (Lipinski definition) is 1. The Morgan fingerprint density at radius 3 is 2.17 bits per heavy atom. The number of ketones is 1. The molecule has 1 nitrogen and oxygen atoms in total. The molecule has 0 aliphatic heterocycles. The van der Waals surface area contributed by atoms with Gasteiger partial charge in [0.25, 0.3) is 0 Å². The third kappa shape index (κ3) is 5.67. The lowest BCUT2D eigenvalue weighted by Crippen LogP contribution is -2.11. The number of carbonyl (C=O) groups excluding carboxylic acids is 1. The van der Waals surface area contributed by atoms with E-state index in [1.54, 1.807) is 6.92 Å². The monoisotopic (exact) mass is 310 g/mol. The summed E-state index contributed by atoms with van der Waals surface area (Å²) in [7, 11) is 0. The van der Waals surface area contributed by atoms with Crippen LogP contribution in [0.15, 0.2) is 42.5 Å². The van der Waals surface area contributed by atoms with Crippen LogP contribution in [0.5, 0.6) is 0 Å². The molecule has 0 unspecified atom stereocenters. The van der Waals surface area contributed by atoms with Crippen molar-refractivity contribution in [2.45, 2.75) is 60.3 Å². The molecule has 0 radical (unpaired) electrons. The summed E-state index contributed by atoms with van der Waals surface area (Å²) in [5.74, 6) is 0.128. The maximum Gasteiger partial charge on any atom is 0.159 e. The maximum absolute atomic E-state index is 11.6. The Labute approximate surface area is 141 Å². The van der Waals surface area contributed by atoms with Crippen molar-refractivity contribution in [3.63, 3.8) is 0 Å². The van der Waals surface area contributed by atoms with E-state index in [9.17, 15) is 4.79 Å². The van der Waals surface area contributed by atoms with Gasteiger partial charge in [0.2, 0.25) is 0 Å². The van der Waals surface area contributed by atoms with Gasteiger partial charge in [-0.2, -0.15) is 0 Å². The normalized spacial score (nSPS) is 10.7. The van der Waals surface area contributed by atoms with E-state index in [0.717, 1.165) is 17.5 Å². The standard InChI is InChI=1S/C20H24O.C2H6/c1-14-9-17(12-18(10-14)15(2)21)11-16-7-6-8-19(13-16)20(3,4)5;1-2/h6-10,12-13H,11H2,1-5H3;1-2H3. The van der Waals surface area contributed by atoms with E-state index >= 15 is 0 Å². The molecule has 0 N–H and O–H groups in total. The number of Topliss-reactive ketones (excluding diaryl/α,β-unsaturated/α-hetero) is 1.